The van der Waals surface area contributed by atoms with Crippen molar-refractivity contribution in [3.8, 4) is 5.75 Å². The number of fused-ring (bicyclic) bond motifs is 2. The van der Waals surface area contributed by atoms with Crippen LogP contribution >= 0.6 is 0 Å². The second kappa shape index (κ2) is 7.70. The van der Waals surface area contributed by atoms with Crippen LogP contribution in [-0.2, 0) is 11.2 Å². The molecule has 0 aromatic heterocycles. The highest BCUT2D eigenvalue weighted by Crippen LogP contribution is 2.27. The lowest BCUT2D eigenvalue weighted by atomic mass is 10.00. The van der Waals surface area contributed by atoms with Gasteiger partial charge in [0.1, 0.15) is 18.5 Å². The summed E-state index contributed by atoms with van der Waals surface area (Å²) in [6.07, 6.45) is 1.28. The van der Waals surface area contributed by atoms with E-state index in [1.165, 1.54) is 5.56 Å². The Morgan fingerprint density at radius 3 is 2.81 bits per heavy atom. The summed E-state index contributed by atoms with van der Waals surface area (Å²) in [6, 6.07) is 22.2. The van der Waals surface area contributed by atoms with Crippen LogP contribution in [0.3, 0.4) is 0 Å². The van der Waals surface area contributed by atoms with Gasteiger partial charge in [-0.05, 0) is 47.7 Å². The van der Waals surface area contributed by atoms with Gasteiger partial charge in [-0.3, -0.25) is 0 Å². The zero-order valence-electron chi connectivity index (χ0n) is 15.4. The Balaban J connectivity index is 1.34. The summed E-state index contributed by atoms with van der Waals surface area (Å²) in [4.78, 5) is 12.3. The molecule has 3 aromatic rings. The minimum Gasteiger partial charge on any atom is -0.487 e. The van der Waals surface area contributed by atoms with Gasteiger partial charge in [0.2, 0.25) is 0 Å². The maximum atomic E-state index is 12.3. The molecule has 3 aromatic carbocycles. The first-order valence-corrected chi connectivity index (χ1v) is 9.36. The summed E-state index contributed by atoms with van der Waals surface area (Å²) in [5.74, 6) is 0.891. The van der Waals surface area contributed by atoms with Crippen molar-refractivity contribution in [2.45, 2.75) is 31.9 Å². The number of alkyl carbamates (subject to hydrolysis) is 1. The van der Waals surface area contributed by atoms with Crippen LogP contribution in [0, 0.1) is 0 Å². The number of carbonyl (C=O) groups excluding carboxylic acids is 1. The lowest BCUT2D eigenvalue weighted by Crippen LogP contribution is -2.33. The van der Waals surface area contributed by atoms with Crippen LogP contribution < -0.4 is 10.1 Å². The van der Waals surface area contributed by atoms with Crippen LogP contribution in [0.5, 0.6) is 5.75 Å². The van der Waals surface area contributed by atoms with E-state index in [9.17, 15) is 4.79 Å². The van der Waals surface area contributed by atoms with Crippen molar-refractivity contribution in [1.29, 1.82) is 0 Å². The molecule has 0 aliphatic carbocycles. The van der Waals surface area contributed by atoms with Gasteiger partial charge in [-0.15, -0.1) is 0 Å². The average molecular weight is 361 g/mol. The number of nitrogens with one attached hydrogen (secondary N) is 1. The summed E-state index contributed by atoms with van der Waals surface area (Å²) < 4.78 is 11.4. The molecule has 1 aliphatic rings. The standard InChI is InChI=1S/C23H23NO3/c1-16(20-11-6-9-17-7-2-4-10-21(17)20)24-23(25)26-15-19-14-13-18-8-3-5-12-22(18)27-19/h2-12,16,19H,13-15H2,1H3,(H,24,25)/t16-,19?/m1/s1. The first-order valence-electron chi connectivity index (χ1n) is 9.36. The van der Waals surface area contributed by atoms with Crippen LogP contribution in [-0.4, -0.2) is 18.8 Å². The van der Waals surface area contributed by atoms with Gasteiger partial charge in [-0.2, -0.15) is 0 Å². The Hall–Kier alpha value is -3.01. The SMILES string of the molecule is C[C@@H](NC(=O)OCC1CCc2ccccc2O1)c1cccc2ccccc12. The van der Waals surface area contributed by atoms with Crippen molar-refractivity contribution in [1.82, 2.24) is 5.32 Å². The number of hydrogen-bond donors (Lipinski definition) is 1. The molecule has 0 bridgehead atoms. The number of carbonyl (C=O) groups is 1. The number of hydrogen-bond acceptors (Lipinski definition) is 3. The molecule has 1 aliphatic heterocycles. The molecular formula is C23H23NO3. The summed E-state index contributed by atoms with van der Waals surface area (Å²) in [5.41, 5.74) is 2.29. The molecular weight excluding hydrogens is 338 g/mol. The van der Waals surface area contributed by atoms with E-state index in [0.717, 1.165) is 34.9 Å². The monoisotopic (exact) mass is 361 g/mol. The molecule has 1 amide bonds. The van der Waals surface area contributed by atoms with Gasteiger partial charge in [-0.25, -0.2) is 4.79 Å². The van der Waals surface area contributed by atoms with E-state index in [-0.39, 0.29) is 18.8 Å². The van der Waals surface area contributed by atoms with E-state index in [0.29, 0.717) is 0 Å². The molecule has 4 rings (SSSR count). The van der Waals surface area contributed by atoms with Crippen LogP contribution in [0.25, 0.3) is 10.8 Å². The number of benzene rings is 3. The zero-order valence-corrected chi connectivity index (χ0v) is 15.4. The second-order valence-corrected chi connectivity index (χ2v) is 6.92. The first-order chi connectivity index (χ1) is 13.2. The third-order valence-electron chi connectivity index (χ3n) is 5.03. The maximum Gasteiger partial charge on any atom is 0.407 e. The molecule has 1 unspecified atom stereocenters. The topological polar surface area (TPSA) is 47.6 Å². The number of para-hydroxylation sites is 1. The molecule has 4 heteroatoms. The van der Waals surface area contributed by atoms with E-state index < -0.39 is 6.09 Å². The fourth-order valence-electron chi connectivity index (χ4n) is 3.59. The third kappa shape index (κ3) is 3.90. The molecule has 2 atom stereocenters. The molecule has 1 heterocycles. The molecule has 0 spiro atoms. The maximum absolute atomic E-state index is 12.3. The van der Waals surface area contributed by atoms with E-state index in [1.807, 2.05) is 49.4 Å². The highest BCUT2D eigenvalue weighted by Gasteiger charge is 2.21. The normalized spacial score (nSPS) is 16.9. The quantitative estimate of drug-likeness (QED) is 0.710. The van der Waals surface area contributed by atoms with Gasteiger partial charge >= 0.3 is 6.09 Å². The first kappa shape index (κ1) is 17.4. The summed E-state index contributed by atoms with van der Waals surface area (Å²) >= 11 is 0. The fourth-order valence-corrected chi connectivity index (χ4v) is 3.59. The Labute approximate surface area is 159 Å². The van der Waals surface area contributed by atoms with Gasteiger partial charge < -0.3 is 14.8 Å². The molecule has 138 valence electrons. The van der Waals surface area contributed by atoms with Gasteiger partial charge in [0, 0.05) is 0 Å². The van der Waals surface area contributed by atoms with Crippen molar-refractivity contribution in [2.24, 2.45) is 0 Å². The summed E-state index contributed by atoms with van der Waals surface area (Å²) in [6.45, 7) is 2.22. The van der Waals surface area contributed by atoms with E-state index >= 15 is 0 Å². The van der Waals surface area contributed by atoms with Gasteiger partial charge in [0.15, 0.2) is 0 Å². The zero-order chi connectivity index (χ0) is 18.6. The molecule has 4 nitrogen and oxygen atoms in total. The van der Waals surface area contributed by atoms with Gasteiger partial charge in [0.05, 0.1) is 6.04 Å². The number of ether oxygens (including phenoxy) is 2. The number of rotatable bonds is 4. The van der Waals surface area contributed by atoms with Gasteiger partial charge in [0.25, 0.3) is 0 Å². The summed E-state index contributed by atoms with van der Waals surface area (Å²) in [5, 5.41) is 5.23. The van der Waals surface area contributed by atoms with Crippen molar-refractivity contribution in [3.05, 3.63) is 77.9 Å². The Bertz CT molecular complexity index is 948. The Kier molecular flexibility index (Phi) is 4.97. The highest BCUT2D eigenvalue weighted by molar-refractivity contribution is 5.86. The van der Waals surface area contributed by atoms with Gasteiger partial charge in [-0.1, -0.05) is 60.7 Å². The van der Waals surface area contributed by atoms with E-state index in [4.69, 9.17) is 9.47 Å². The molecule has 0 saturated heterocycles. The molecule has 0 radical (unpaired) electrons. The predicted octanol–water partition coefficient (Wildman–Crippen LogP) is 5.02. The third-order valence-corrected chi connectivity index (χ3v) is 5.03. The summed E-state index contributed by atoms with van der Waals surface area (Å²) in [7, 11) is 0. The van der Waals surface area contributed by atoms with Crippen molar-refractivity contribution in [2.75, 3.05) is 6.61 Å². The minimum absolute atomic E-state index is 0.0986. The lowest BCUT2D eigenvalue weighted by molar-refractivity contribution is 0.0696. The van der Waals surface area contributed by atoms with Crippen LogP contribution in [0.15, 0.2) is 66.7 Å². The second-order valence-electron chi connectivity index (χ2n) is 6.92. The molecule has 1 N–H and O–H groups in total. The van der Waals surface area contributed by atoms with Crippen molar-refractivity contribution < 1.29 is 14.3 Å². The Morgan fingerprint density at radius 1 is 1.11 bits per heavy atom. The fraction of sp³-hybridized carbons (Fsp3) is 0.261. The van der Waals surface area contributed by atoms with Crippen LogP contribution in [0.2, 0.25) is 0 Å². The predicted molar refractivity (Wildman–Crippen MR) is 106 cm³/mol. The van der Waals surface area contributed by atoms with E-state index in [2.05, 4.69) is 29.6 Å². The lowest BCUT2D eigenvalue weighted by Gasteiger charge is -2.26. The largest absolute Gasteiger partial charge is 0.487 e. The van der Waals surface area contributed by atoms with Crippen molar-refractivity contribution in [3.63, 3.8) is 0 Å². The molecule has 0 saturated carbocycles. The minimum atomic E-state index is -0.419. The smallest absolute Gasteiger partial charge is 0.407 e. The Morgan fingerprint density at radius 2 is 1.89 bits per heavy atom. The molecule has 0 fully saturated rings. The molecule has 27 heavy (non-hydrogen) atoms. The average Bonchev–Trinajstić information content (AvgIpc) is 2.71. The number of aryl methyl sites for hydroxylation is 1. The van der Waals surface area contributed by atoms with Crippen LogP contribution in [0.1, 0.15) is 30.5 Å². The number of amides is 1. The highest BCUT2D eigenvalue weighted by atomic mass is 16.6. The van der Waals surface area contributed by atoms with E-state index in [1.54, 1.807) is 0 Å². The van der Waals surface area contributed by atoms with Crippen LogP contribution in [0.4, 0.5) is 4.79 Å². The van der Waals surface area contributed by atoms with Crippen molar-refractivity contribution >= 4 is 16.9 Å².